The second-order valence-corrected chi connectivity index (χ2v) is 6.79. The van der Waals surface area contributed by atoms with Gasteiger partial charge in [0.25, 0.3) is 0 Å². The zero-order valence-electron chi connectivity index (χ0n) is 12.1. The fourth-order valence-electron chi connectivity index (χ4n) is 3.98. The molecule has 0 bridgehead atoms. The quantitative estimate of drug-likeness (QED) is 0.393. The van der Waals surface area contributed by atoms with Gasteiger partial charge in [-0.25, -0.2) is 4.99 Å². The standard InChI is InChI=1S/C16H25NS/c1-11(2)14-6-5-13(4)16(9-14)8-7-12(3)15(16)17-10-18/h9,11-13,15H,5-8H2,1-4H3/t12-,13-,15+,16-/m0/s1. The summed E-state index contributed by atoms with van der Waals surface area (Å²) in [4.78, 5) is 4.55. The Morgan fingerprint density at radius 3 is 2.72 bits per heavy atom. The number of isothiocyanates is 1. The van der Waals surface area contributed by atoms with E-state index < -0.39 is 0 Å². The topological polar surface area (TPSA) is 12.4 Å². The molecule has 0 heterocycles. The number of rotatable bonds is 2. The minimum atomic E-state index is 0.267. The van der Waals surface area contributed by atoms with E-state index in [1.54, 1.807) is 5.57 Å². The maximum absolute atomic E-state index is 4.88. The number of hydrogen-bond acceptors (Lipinski definition) is 2. The molecule has 0 aliphatic heterocycles. The highest BCUT2D eigenvalue weighted by Crippen LogP contribution is 2.54. The third-order valence-electron chi connectivity index (χ3n) is 5.29. The highest BCUT2D eigenvalue weighted by molar-refractivity contribution is 7.78. The van der Waals surface area contributed by atoms with E-state index in [0.29, 0.717) is 17.9 Å². The Kier molecular flexibility index (Phi) is 4.08. The van der Waals surface area contributed by atoms with Crippen molar-refractivity contribution in [2.75, 3.05) is 0 Å². The highest BCUT2D eigenvalue weighted by Gasteiger charge is 2.50. The molecule has 0 unspecified atom stereocenters. The van der Waals surface area contributed by atoms with Crippen LogP contribution in [-0.4, -0.2) is 11.2 Å². The molecule has 18 heavy (non-hydrogen) atoms. The highest BCUT2D eigenvalue weighted by atomic mass is 32.1. The summed E-state index contributed by atoms with van der Waals surface area (Å²) in [5.74, 6) is 2.04. The van der Waals surface area contributed by atoms with Crippen molar-refractivity contribution in [3.8, 4) is 0 Å². The molecule has 0 amide bonds. The molecule has 2 aliphatic carbocycles. The van der Waals surface area contributed by atoms with Crippen molar-refractivity contribution in [1.82, 2.24) is 0 Å². The van der Waals surface area contributed by atoms with Crippen LogP contribution in [0.1, 0.15) is 53.4 Å². The maximum Gasteiger partial charge on any atom is 0.0721 e. The van der Waals surface area contributed by atoms with Crippen LogP contribution in [0.5, 0.6) is 0 Å². The molecule has 1 nitrogen and oxygen atoms in total. The predicted octanol–water partition coefficient (Wildman–Crippen LogP) is 4.89. The van der Waals surface area contributed by atoms with Gasteiger partial charge in [0.2, 0.25) is 0 Å². The van der Waals surface area contributed by atoms with Crippen LogP contribution < -0.4 is 0 Å². The van der Waals surface area contributed by atoms with Gasteiger partial charge in [-0.2, -0.15) is 0 Å². The van der Waals surface area contributed by atoms with Gasteiger partial charge < -0.3 is 0 Å². The van der Waals surface area contributed by atoms with Crippen molar-refractivity contribution in [1.29, 1.82) is 0 Å². The first-order chi connectivity index (χ1) is 8.51. The Morgan fingerprint density at radius 2 is 2.11 bits per heavy atom. The van der Waals surface area contributed by atoms with Gasteiger partial charge >= 0.3 is 0 Å². The van der Waals surface area contributed by atoms with Crippen LogP contribution in [0, 0.1) is 23.2 Å². The number of thiocarbonyl (C=S) groups is 1. The maximum atomic E-state index is 4.88. The van der Waals surface area contributed by atoms with Crippen molar-refractivity contribution in [3.05, 3.63) is 11.6 Å². The zero-order chi connectivity index (χ0) is 13.3. The molecular formula is C16H25NS. The predicted molar refractivity (Wildman–Crippen MR) is 81.0 cm³/mol. The van der Waals surface area contributed by atoms with Crippen LogP contribution >= 0.6 is 12.2 Å². The Bertz CT molecular complexity index is 392. The fourth-order valence-corrected chi connectivity index (χ4v) is 4.09. The monoisotopic (exact) mass is 263 g/mol. The summed E-state index contributed by atoms with van der Waals surface area (Å²) < 4.78 is 0. The number of aliphatic imine (C=N–C) groups is 1. The van der Waals surface area contributed by atoms with E-state index in [-0.39, 0.29) is 5.41 Å². The molecule has 1 spiro atoms. The lowest BCUT2D eigenvalue weighted by molar-refractivity contribution is 0.186. The zero-order valence-corrected chi connectivity index (χ0v) is 12.9. The lowest BCUT2D eigenvalue weighted by Gasteiger charge is -2.42. The lowest BCUT2D eigenvalue weighted by Crippen LogP contribution is -2.38. The summed E-state index contributed by atoms with van der Waals surface area (Å²) in [6.07, 6.45) is 7.70. The van der Waals surface area contributed by atoms with Crippen LogP contribution in [0.4, 0.5) is 0 Å². The molecule has 0 N–H and O–H groups in total. The summed E-state index contributed by atoms with van der Waals surface area (Å²) in [5.41, 5.74) is 1.90. The SMILES string of the molecule is CC(C)C1=C[C@@]2(CC[C@H](C)[C@H]2N=C=S)[C@@H](C)CC1. The van der Waals surface area contributed by atoms with Gasteiger partial charge in [-0.05, 0) is 55.7 Å². The Morgan fingerprint density at radius 1 is 1.39 bits per heavy atom. The van der Waals surface area contributed by atoms with Crippen molar-refractivity contribution in [2.24, 2.45) is 28.2 Å². The fraction of sp³-hybridized carbons (Fsp3) is 0.812. The average molecular weight is 263 g/mol. The Balaban J connectivity index is 2.42. The van der Waals surface area contributed by atoms with E-state index in [4.69, 9.17) is 12.2 Å². The third kappa shape index (κ3) is 2.21. The summed E-state index contributed by atoms with van der Waals surface area (Å²) >= 11 is 4.88. The van der Waals surface area contributed by atoms with Crippen molar-refractivity contribution in [2.45, 2.75) is 59.4 Å². The molecule has 0 radical (unpaired) electrons. The van der Waals surface area contributed by atoms with Crippen molar-refractivity contribution >= 4 is 17.4 Å². The molecule has 0 aromatic heterocycles. The number of hydrogen-bond donors (Lipinski definition) is 0. The molecule has 2 rings (SSSR count). The normalized spacial score (nSPS) is 39.8. The molecular weight excluding hydrogens is 238 g/mol. The van der Waals surface area contributed by atoms with Gasteiger partial charge in [-0.15, -0.1) is 0 Å². The van der Waals surface area contributed by atoms with Gasteiger partial charge in [0, 0.05) is 5.41 Å². The first kappa shape index (κ1) is 14.0. The second-order valence-electron chi connectivity index (χ2n) is 6.61. The molecule has 100 valence electrons. The van der Waals surface area contributed by atoms with E-state index >= 15 is 0 Å². The van der Waals surface area contributed by atoms with Crippen molar-refractivity contribution < 1.29 is 0 Å². The van der Waals surface area contributed by atoms with E-state index in [2.05, 4.69) is 43.9 Å². The van der Waals surface area contributed by atoms with Gasteiger partial charge in [0.05, 0.1) is 11.2 Å². The van der Waals surface area contributed by atoms with E-state index in [1.807, 2.05) is 0 Å². The van der Waals surface area contributed by atoms with E-state index in [1.165, 1.54) is 25.7 Å². The van der Waals surface area contributed by atoms with Gasteiger partial charge in [-0.1, -0.05) is 39.3 Å². The summed E-state index contributed by atoms with van der Waals surface area (Å²) in [5, 5.41) is 2.66. The molecule has 0 aromatic rings. The lowest BCUT2D eigenvalue weighted by atomic mass is 9.64. The first-order valence-corrected chi connectivity index (χ1v) is 7.70. The minimum Gasteiger partial charge on any atom is -0.228 e. The molecule has 1 fully saturated rings. The Hall–Kier alpha value is -0.460. The van der Waals surface area contributed by atoms with Gasteiger partial charge in [-0.3, -0.25) is 0 Å². The van der Waals surface area contributed by atoms with E-state index in [0.717, 1.165) is 5.92 Å². The van der Waals surface area contributed by atoms with E-state index in [9.17, 15) is 0 Å². The molecule has 0 saturated heterocycles. The molecule has 0 aromatic carbocycles. The first-order valence-electron chi connectivity index (χ1n) is 7.30. The molecule has 1 saturated carbocycles. The van der Waals surface area contributed by atoms with Gasteiger partial charge in [0.15, 0.2) is 0 Å². The average Bonchev–Trinajstić information content (AvgIpc) is 2.63. The smallest absolute Gasteiger partial charge is 0.0721 e. The summed E-state index contributed by atoms with van der Waals surface area (Å²) in [6, 6.07) is 0.360. The van der Waals surface area contributed by atoms with Crippen LogP contribution in [0.15, 0.2) is 16.6 Å². The number of nitrogens with zero attached hydrogens (tertiary/aromatic N) is 1. The van der Waals surface area contributed by atoms with Crippen LogP contribution in [0.2, 0.25) is 0 Å². The van der Waals surface area contributed by atoms with Crippen LogP contribution in [0.25, 0.3) is 0 Å². The largest absolute Gasteiger partial charge is 0.228 e. The third-order valence-corrected chi connectivity index (χ3v) is 5.40. The number of allylic oxidation sites excluding steroid dienone is 1. The second kappa shape index (κ2) is 5.27. The minimum absolute atomic E-state index is 0.267. The Labute approximate surface area is 117 Å². The molecule has 4 atom stereocenters. The van der Waals surface area contributed by atoms with Crippen molar-refractivity contribution in [3.63, 3.8) is 0 Å². The summed E-state index contributed by atoms with van der Waals surface area (Å²) in [6.45, 7) is 9.34. The molecule has 2 aliphatic rings. The van der Waals surface area contributed by atoms with Gasteiger partial charge in [0.1, 0.15) is 0 Å². The van der Waals surface area contributed by atoms with Crippen LogP contribution in [-0.2, 0) is 0 Å². The van der Waals surface area contributed by atoms with Crippen LogP contribution in [0.3, 0.4) is 0 Å². The summed E-state index contributed by atoms with van der Waals surface area (Å²) in [7, 11) is 0. The molecule has 2 heteroatoms.